The maximum absolute atomic E-state index is 12.7. The number of hydrogen-bond donors (Lipinski definition) is 0. The first-order valence-corrected chi connectivity index (χ1v) is 8.63. The first-order valence-electron chi connectivity index (χ1n) is 8.25. The average molecular weight is 354 g/mol. The Kier molecular flexibility index (Phi) is 4.19. The summed E-state index contributed by atoms with van der Waals surface area (Å²) in [5, 5.41) is 0.688. The highest BCUT2D eigenvalue weighted by molar-refractivity contribution is 6.30. The van der Waals surface area contributed by atoms with Gasteiger partial charge in [0, 0.05) is 43.0 Å². The second-order valence-electron chi connectivity index (χ2n) is 6.32. The molecule has 5 nitrogen and oxygen atoms in total. The minimum Gasteiger partial charge on any atom is -0.336 e. The average Bonchev–Trinajstić information content (AvgIpc) is 3.05. The van der Waals surface area contributed by atoms with Gasteiger partial charge in [-0.3, -0.25) is 9.20 Å². The van der Waals surface area contributed by atoms with Crippen molar-refractivity contribution in [2.75, 3.05) is 33.2 Å². The van der Waals surface area contributed by atoms with Crippen molar-refractivity contribution in [2.24, 2.45) is 0 Å². The number of rotatable bonds is 2. The normalized spacial score (nSPS) is 15.7. The second-order valence-corrected chi connectivity index (χ2v) is 6.76. The molecule has 0 spiro atoms. The van der Waals surface area contributed by atoms with Gasteiger partial charge < -0.3 is 9.80 Å². The lowest BCUT2D eigenvalue weighted by atomic mass is 10.2. The molecule has 4 rings (SSSR count). The third kappa shape index (κ3) is 3.25. The van der Waals surface area contributed by atoms with Gasteiger partial charge in [0.1, 0.15) is 5.65 Å². The van der Waals surface area contributed by atoms with Crippen molar-refractivity contribution >= 4 is 23.2 Å². The SMILES string of the molecule is CN1CCN(C(=O)c2ccc3nc(-c4ccc(Cl)cc4)[c]n3c2)CC1. The first-order chi connectivity index (χ1) is 12.1. The van der Waals surface area contributed by atoms with Crippen LogP contribution < -0.4 is 0 Å². The molecule has 3 heterocycles. The van der Waals surface area contributed by atoms with Crippen molar-refractivity contribution in [3.05, 3.63) is 59.4 Å². The Hall–Kier alpha value is -2.37. The monoisotopic (exact) mass is 353 g/mol. The maximum Gasteiger partial charge on any atom is 0.255 e. The van der Waals surface area contributed by atoms with E-state index >= 15 is 0 Å². The number of carbonyl (C=O) groups excluding carboxylic acids is 1. The number of carbonyl (C=O) groups is 1. The zero-order chi connectivity index (χ0) is 17.4. The van der Waals surface area contributed by atoms with E-state index in [1.807, 2.05) is 47.5 Å². The van der Waals surface area contributed by atoms with Crippen LogP contribution in [0, 0.1) is 6.20 Å². The number of halogens is 1. The van der Waals surface area contributed by atoms with Crippen molar-refractivity contribution in [3.8, 4) is 11.3 Å². The number of likely N-dealkylation sites (N-methyl/N-ethyl adjacent to an activating group) is 1. The van der Waals surface area contributed by atoms with Crippen molar-refractivity contribution < 1.29 is 4.79 Å². The number of benzene rings is 1. The van der Waals surface area contributed by atoms with E-state index in [9.17, 15) is 4.79 Å². The summed E-state index contributed by atoms with van der Waals surface area (Å²) >= 11 is 5.94. The molecule has 127 valence electrons. The van der Waals surface area contributed by atoms with E-state index in [1.54, 1.807) is 4.40 Å². The van der Waals surface area contributed by atoms with Gasteiger partial charge in [0.25, 0.3) is 5.91 Å². The van der Waals surface area contributed by atoms with Crippen molar-refractivity contribution in [3.63, 3.8) is 0 Å². The van der Waals surface area contributed by atoms with Gasteiger partial charge in [-0.15, -0.1) is 0 Å². The van der Waals surface area contributed by atoms with Gasteiger partial charge in [0.2, 0.25) is 0 Å². The summed E-state index contributed by atoms with van der Waals surface area (Å²) in [6.45, 7) is 3.34. The van der Waals surface area contributed by atoms with E-state index in [2.05, 4.69) is 23.1 Å². The summed E-state index contributed by atoms with van der Waals surface area (Å²) < 4.78 is 1.78. The molecule has 1 aliphatic heterocycles. The number of amides is 1. The minimum absolute atomic E-state index is 0.0603. The third-order valence-electron chi connectivity index (χ3n) is 4.53. The van der Waals surface area contributed by atoms with Crippen LogP contribution in [0.5, 0.6) is 0 Å². The Labute approximate surface area is 151 Å². The molecular formula is C19H18ClN4O. The summed E-state index contributed by atoms with van der Waals surface area (Å²) in [6, 6.07) is 11.2. The summed E-state index contributed by atoms with van der Waals surface area (Å²) in [7, 11) is 2.08. The number of nitrogens with zero attached hydrogens (tertiary/aromatic N) is 4. The van der Waals surface area contributed by atoms with Crippen molar-refractivity contribution in [2.45, 2.75) is 0 Å². The molecule has 0 bridgehead atoms. The fourth-order valence-electron chi connectivity index (χ4n) is 2.98. The molecule has 25 heavy (non-hydrogen) atoms. The van der Waals surface area contributed by atoms with Crippen LogP contribution in [0.1, 0.15) is 10.4 Å². The van der Waals surface area contributed by atoms with Crippen LogP contribution >= 0.6 is 11.6 Å². The van der Waals surface area contributed by atoms with Crippen molar-refractivity contribution in [1.29, 1.82) is 0 Å². The van der Waals surface area contributed by atoms with Crippen LogP contribution in [0.3, 0.4) is 0 Å². The highest BCUT2D eigenvalue weighted by atomic mass is 35.5. The number of hydrogen-bond acceptors (Lipinski definition) is 3. The smallest absolute Gasteiger partial charge is 0.255 e. The summed E-state index contributed by atoms with van der Waals surface area (Å²) in [5.41, 5.74) is 3.11. The Morgan fingerprint density at radius 1 is 1.08 bits per heavy atom. The molecule has 1 aromatic carbocycles. The van der Waals surface area contributed by atoms with E-state index in [0.29, 0.717) is 10.6 Å². The zero-order valence-corrected chi connectivity index (χ0v) is 14.7. The van der Waals surface area contributed by atoms with Gasteiger partial charge in [-0.25, -0.2) is 4.98 Å². The number of aromatic nitrogens is 2. The molecule has 0 atom stereocenters. The zero-order valence-electron chi connectivity index (χ0n) is 13.9. The van der Waals surface area contributed by atoms with Gasteiger partial charge >= 0.3 is 0 Å². The van der Waals surface area contributed by atoms with Crippen LogP contribution in [0.15, 0.2) is 42.6 Å². The molecule has 1 radical (unpaired) electrons. The van der Waals surface area contributed by atoms with Crippen molar-refractivity contribution in [1.82, 2.24) is 19.2 Å². The van der Waals surface area contributed by atoms with Crippen LogP contribution in [-0.2, 0) is 0 Å². The van der Waals surface area contributed by atoms with E-state index in [4.69, 9.17) is 11.6 Å². The Morgan fingerprint density at radius 2 is 1.80 bits per heavy atom. The maximum atomic E-state index is 12.7. The number of fused-ring (bicyclic) bond motifs is 1. The van der Waals surface area contributed by atoms with Gasteiger partial charge in [-0.05, 0) is 31.3 Å². The predicted molar refractivity (Wildman–Crippen MR) is 97.9 cm³/mol. The molecule has 1 amide bonds. The lowest BCUT2D eigenvalue weighted by Gasteiger charge is -2.32. The lowest BCUT2D eigenvalue weighted by molar-refractivity contribution is 0.0663. The fourth-order valence-corrected chi connectivity index (χ4v) is 3.11. The molecule has 0 aliphatic carbocycles. The first kappa shape index (κ1) is 16.1. The third-order valence-corrected chi connectivity index (χ3v) is 4.79. The highest BCUT2D eigenvalue weighted by Crippen LogP contribution is 2.21. The minimum atomic E-state index is 0.0603. The number of pyridine rings is 1. The van der Waals surface area contributed by atoms with E-state index < -0.39 is 0 Å². The topological polar surface area (TPSA) is 40.8 Å². The molecular weight excluding hydrogens is 336 g/mol. The fraction of sp³-hybridized carbons (Fsp3) is 0.263. The Bertz CT molecular complexity index is 911. The molecule has 0 unspecified atom stereocenters. The number of imidazole rings is 1. The quantitative estimate of drug-likeness (QED) is 0.711. The van der Waals surface area contributed by atoms with Crippen LogP contribution in [0.25, 0.3) is 16.9 Å². The number of piperazine rings is 1. The molecule has 2 aromatic heterocycles. The van der Waals surface area contributed by atoms with E-state index in [-0.39, 0.29) is 5.91 Å². The molecule has 1 saturated heterocycles. The summed E-state index contributed by atoms with van der Waals surface area (Å²) in [5.74, 6) is 0.0603. The lowest BCUT2D eigenvalue weighted by Crippen LogP contribution is -2.47. The molecule has 6 heteroatoms. The van der Waals surface area contributed by atoms with E-state index in [0.717, 1.165) is 43.1 Å². The van der Waals surface area contributed by atoms with Gasteiger partial charge in [0.15, 0.2) is 0 Å². The van der Waals surface area contributed by atoms with Crippen LogP contribution in [0.4, 0.5) is 0 Å². The molecule has 1 fully saturated rings. The Balaban J connectivity index is 1.62. The van der Waals surface area contributed by atoms with Gasteiger partial charge in [-0.1, -0.05) is 23.7 Å². The Morgan fingerprint density at radius 3 is 2.52 bits per heavy atom. The highest BCUT2D eigenvalue weighted by Gasteiger charge is 2.20. The summed E-state index contributed by atoms with van der Waals surface area (Å²) in [6.07, 6.45) is 5.03. The molecule has 3 aromatic rings. The van der Waals surface area contributed by atoms with Crippen LogP contribution in [-0.4, -0.2) is 58.3 Å². The largest absolute Gasteiger partial charge is 0.336 e. The van der Waals surface area contributed by atoms with Gasteiger partial charge in [-0.2, -0.15) is 0 Å². The van der Waals surface area contributed by atoms with E-state index in [1.165, 1.54) is 0 Å². The predicted octanol–water partition coefficient (Wildman–Crippen LogP) is 2.84. The summed E-state index contributed by atoms with van der Waals surface area (Å²) in [4.78, 5) is 21.4. The second kappa shape index (κ2) is 6.50. The van der Waals surface area contributed by atoms with Crippen LogP contribution in [0.2, 0.25) is 5.02 Å². The standard InChI is InChI=1S/C19H18ClN4O/c1-22-8-10-23(11-9-22)19(25)15-4-7-18-21-17(13-24(18)12-15)14-2-5-16(20)6-3-14/h2-7,12H,8-11H2,1H3. The molecule has 0 N–H and O–H groups in total. The molecule has 0 saturated carbocycles. The van der Waals surface area contributed by atoms with Gasteiger partial charge in [0.05, 0.1) is 17.5 Å². The molecule has 1 aliphatic rings.